The van der Waals surface area contributed by atoms with Crippen molar-refractivity contribution in [2.45, 2.75) is 12.8 Å². The number of benzene rings is 1. The van der Waals surface area contributed by atoms with Gasteiger partial charge in [0.1, 0.15) is 0 Å². The first-order chi connectivity index (χ1) is 10.2. The topological polar surface area (TPSA) is 90.1 Å². The van der Waals surface area contributed by atoms with Crippen molar-refractivity contribution in [2.24, 2.45) is 11.1 Å². The highest BCUT2D eigenvalue weighted by atomic mass is 35.5. The van der Waals surface area contributed by atoms with Crippen LogP contribution in [0.3, 0.4) is 0 Å². The van der Waals surface area contributed by atoms with Gasteiger partial charge in [0, 0.05) is 37.8 Å². The van der Waals surface area contributed by atoms with Crippen LogP contribution in [0.5, 0.6) is 0 Å². The average molecular weight is 323 g/mol. The molecule has 1 aromatic carbocycles. The summed E-state index contributed by atoms with van der Waals surface area (Å²) in [6.07, 6.45) is 4.59. The Bertz CT molecular complexity index is 659. The number of nitrogens with two attached hydrogens (primary N) is 1. The van der Waals surface area contributed by atoms with Crippen LogP contribution in [0, 0.1) is 5.41 Å². The SMILES string of the molecule is Cl.NCC1(C(=O)Nc2ccc3nccnc3c2)CCOCC1. The van der Waals surface area contributed by atoms with Crippen molar-refractivity contribution in [1.29, 1.82) is 0 Å². The van der Waals surface area contributed by atoms with Gasteiger partial charge in [-0.2, -0.15) is 0 Å². The Morgan fingerprint density at radius 2 is 1.91 bits per heavy atom. The minimum Gasteiger partial charge on any atom is -0.381 e. The van der Waals surface area contributed by atoms with Gasteiger partial charge in [0.15, 0.2) is 0 Å². The molecule has 1 fully saturated rings. The number of aromatic nitrogens is 2. The Kier molecular flexibility index (Phi) is 5.28. The second-order valence-corrected chi connectivity index (χ2v) is 5.31. The summed E-state index contributed by atoms with van der Waals surface area (Å²) in [7, 11) is 0. The molecule has 0 aliphatic carbocycles. The molecule has 1 amide bonds. The van der Waals surface area contributed by atoms with Crippen LogP contribution < -0.4 is 11.1 Å². The number of carbonyl (C=O) groups is 1. The number of ether oxygens (including phenoxy) is 1. The molecule has 0 bridgehead atoms. The molecule has 3 N–H and O–H groups in total. The van der Waals surface area contributed by atoms with E-state index >= 15 is 0 Å². The van der Waals surface area contributed by atoms with E-state index < -0.39 is 5.41 Å². The van der Waals surface area contributed by atoms with Crippen molar-refractivity contribution >= 4 is 35.0 Å². The van der Waals surface area contributed by atoms with Gasteiger partial charge < -0.3 is 15.8 Å². The zero-order chi connectivity index (χ0) is 14.7. The fourth-order valence-corrected chi connectivity index (χ4v) is 2.59. The Morgan fingerprint density at radius 3 is 2.59 bits per heavy atom. The van der Waals surface area contributed by atoms with Gasteiger partial charge in [-0.25, -0.2) is 0 Å². The molecule has 2 aromatic rings. The first-order valence-corrected chi connectivity index (χ1v) is 7.04. The smallest absolute Gasteiger partial charge is 0.232 e. The lowest BCUT2D eigenvalue weighted by Gasteiger charge is -2.34. The Hall–Kier alpha value is -1.76. The molecular formula is C15H19ClN4O2. The first kappa shape index (κ1) is 16.6. The summed E-state index contributed by atoms with van der Waals surface area (Å²) < 4.78 is 5.33. The largest absolute Gasteiger partial charge is 0.381 e. The van der Waals surface area contributed by atoms with Crippen molar-refractivity contribution in [2.75, 3.05) is 25.1 Å². The zero-order valence-corrected chi connectivity index (χ0v) is 12.9. The minimum atomic E-state index is -0.532. The first-order valence-electron chi connectivity index (χ1n) is 7.04. The van der Waals surface area contributed by atoms with E-state index in [-0.39, 0.29) is 18.3 Å². The molecule has 0 spiro atoms. The van der Waals surface area contributed by atoms with E-state index in [1.54, 1.807) is 12.4 Å². The fourth-order valence-electron chi connectivity index (χ4n) is 2.59. The molecular weight excluding hydrogens is 304 g/mol. The van der Waals surface area contributed by atoms with Crippen molar-refractivity contribution in [3.05, 3.63) is 30.6 Å². The van der Waals surface area contributed by atoms with E-state index in [1.165, 1.54) is 0 Å². The van der Waals surface area contributed by atoms with Crippen molar-refractivity contribution in [3.8, 4) is 0 Å². The number of hydrogen-bond acceptors (Lipinski definition) is 5. The summed E-state index contributed by atoms with van der Waals surface area (Å²) >= 11 is 0. The summed E-state index contributed by atoms with van der Waals surface area (Å²) in [5.74, 6) is -0.0449. The number of fused-ring (bicyclic) bond motifs is 1. The third-order valence-corrected chi connectivity index (χ3v) is 4.05. The van der Waals surface area contributed by atoms with Crippen LogP contribution in [-0.4, -0.2) is 35.6 Å². The lowest BCUT2D eigenvalue weighted by Crippen LogP contribution is -2.46. The monoisotopic (exact) mass is 322 g/mol. The maximum absolute atomic E-state index is 12.6. The summed E-state index contributed by atoms with van der Waals surface area (Å²) in [5.41, 5.74) is 7.58. The summed E-state index contributed by atoms with van der Waals surface area (Å²) in [6.45, 7) is 1.48. The van der Waals surface area contributed by atoms with Crippen LogP contribution in [-0.2, 0) is 9.53 Å². The summed E-state index contributed by atoms with van der Waals surface area (Å²) in [4.78, 5) is 21.0. The van der Waals surface area contributed by atoms with Crippen LogP contribution >= 0.6 is 12.4 Å². The quantitative estimate of drug-likeness (QED) is 0.898. The van der Waals surface area contributed by atoms with Gasteiger partial charge in [-0.05, 0) is 31.0 Å². The van der Waals surface area contributed by atoms with E-state index in [2.05, 4.69) is 15.3 Å². The van der Waals surface area contributed by atoms with E-state index in [0.717, 1.165) is 11.0 Å². The van der Waals surface area contributed by atoms with Gasteiger partial charge in [0.05, 0.1) is 16.4 Å². The molecule has 0 atom stereocenters. The summed E-state index contributed by atoms with van der Waals surface area (Å²) in [6, 6.07) is 5.50. The number of hydrogen-bond donors (Lipinski definition) is 2. The van der Waals surface area contributed by atoms with Gasteiger partial charge in [-0.15, -0.1) is 12.4 Å². The van der Waals surface area contributed by atoms with Gasteiger partial charge in [-0.1, -0.05) is 0 Å². The average Bonchev–Trinajstić information content (AvgIpc) is 2.55. The molecule has 0 saturated carbocycles. The predicted molar refractivity (Wildman–Crippen MR) is 87.0 cm³/mol. The number of halogens is 1. The third-order valence-electron chi connectivity index (χ3n) is 4.05. The van der Waals surface area contributed by atoms with Gasteiger partial charge in [-0.3, -0.25) is 14.8 Å². The van der Waals surface area contributed by atoms with Gasteiger partial charge in [0.25, 0.3) is 0 Å². The maximum Gasteiger partial charge on any atom is 0.232 e. The highest BCUT2D eigenvalue weighted by Crippen LogP contribution is 2.31. The van der Waals surface area contributed by atoms with Gasteiger partial charge in [0.2, 0.25) is 5.91 Å². The fraction of sp³-hybridized carbons (Fsp3) is 0.400. The number of amides is 1. The molecule has 1 aliphatic heterocycles. The second-order valence-electron chi connectivity index (χ2n) is 5.31. The minimum absolute atomic E-state index is 0. The van der Waals surface area contributed by atoms with Gasteiger partial charge >= 0.3 is 0 Å². The molecule has 0 unspecified atom stereocenters. The predicted octanol–water partition coefficient (Wildman–Crippen LogP) is 1.75. The van der Waals surface area contributed by atoms with Crippen LogP contribution in [0.2, 0.25) is 0 Å². The molecule has 1 aliphatic rings. The van der Waals surface area contributed by atoms with E-state index in [4.69, 9.17) is 10.5 Å². The highest BCUT2D eigenvalue weighted by Gasteiger charge is 2.38. The number of rotatable bonds is 3. The number of nitrogens with one attached hydrogen (secondary N) is 1. The van der Waals surface area contributed by atoms with Crippen LogP contribution in [0.1, 0.15) is 12.8 Å². The Morgan fingerprint density at radius 1 is 1.23 bits per heavy atom. The van der Waals surface area contributed by atoms with Crippen LogP contribution in [0.15, 0.2) is 30.6 Å². The molecule has 3 rings (SSSR count). The van der Waals surface area contributed by atoms with E-state index in [1.807, 2.05) is 18.2 Å². The normalized spacial score (nSPS) is 16.8. The highest BCUT2D eigenvalue weighted by molar-refractivity contribution is 5.97. The molecule has 6 nitrogen and oxygen atoms in total. The molecule has 2 heterocycles. The van der Waals surface area contributed by atoms with Crippen molar-refractivity contribution in [1.82, 2.24) is 9.97 Å². The van der Waals surface area contributed by atoms with Crippen molar-refractivity contribution in [3.63, 3.8) is 0 Å². The molecule has 22 heavy (non-hydrogen) atoms. The van der Waals surface area contributed by atoms with E-state index in [9.17, 15) is 4.79 Å². The van der Waals surface area contributed by atoms with E-state index in [0.29, 0.717) is 38.3 Å². The number of anilines is 1. The maximum atomic E-state index is 12.6. The Labute approximate surface area is 134 Å². The lowest BCUT2D eigenvalue weighted by atomic mass is 9.79. The Balaban J connectivity index is 0.00000176. The molecule has 1 saturated heterocycles. The molecule has 118 valence electrons. The van der Waals surface area contributed by atoms with Crippen LogP contribution in [0.25, 0.3) is 11.0 Å². The molecule has 0 radical (unpaired) electrons. The van der Waals surface area contributed by atoms with Crippen molar-refractivity contribution < 1.29 is 9.53 Å². The molecule has 7 heteroatoms. The van der Waals surface area contributed by atoms with Crippen LogP contribution in [0.4, 0.5) is 5.69 Å². The number of carbonyl (C=O) groups excluding carboxylic acids is 1. The lowest BCUT2D eigenvalue weighted by molar-refractivity contribution is -0.130. The summed E-state index contributed by atoms with van der Waals surface area (Å²) in [5, 5.41) is 2.95. The number of nitrogens with zero attached hydrogens (tertiary/aromatic N) is 2. The molecule has 1 aromatic heterocycles. The standard InChI is InChI=1S/C15H18N4O2.ClH/c16-10-15(3-7-21-8-4-15)14(20)19-11-1-2-12-13(9-11)18-6-5-17-12;/h1-2,5-6,9H,3-4,7-8,10,16H2,(H,19,20);1H. The third kappa shape index (κ3) is 3.19. The second kappa shape index (κ2) is 7.00. The zero-order valence-electron chi connectivity index (χ0n) is 12.1.